The standard InChI is InChI=1S/C22H25N3O3/c1-15(2)28-20-9-7-18(8-10-20)22(26)24-23-13-19-12-16(3)25(17(19)4)14-21-6-5-11-27-21/h5-13,15H,14H2,1-4H3,(H,24,26)/b23-13-. The third-order valence-electron chi connectivity index (χ3n) is 4.36. The highest BCUT2D eigenvalue weighted by Crippen LogP contribution is 2.16. The number of amides is 1. The van der Waals surface area contributed by atoms with Crippen LogP contribution in [0.25, 0.3) is 0 Å². The van der Waals surface area contributed by atoms with E-state index >= 15 is 0 Å². The molecule has 0 aliphatic heterocycles. The number of ether oxygens (including phenoxy) is 1. The monoisotopic (exact) mass is 379 g/mol. The van der Waals surface area contributed by atoms with Gasteiger partial charge in [0.05, 0.1) is 25.1 Å². The summed E-state index contributed by atoms with van der Waals surface area (Å²) in [5, 5.41) is 4.11. The van der Waals surface area contributed by atoms with Gasteiger partial charge in [-0.1, -0.05) is 0 Å². The van der Waals surface area contributed by atoms with Gasteiger partial charge in [-0.3, -0.25) is 4.79 Å². The predicted molar refractivity (Wildman–Crippen MR) is 109 cm³/mol. The summed E-state index contributed by atoms with van der Waals surface area (Å²) in [6, 6.07) is 12.9. The predicted octanol–water partition coefficient (Wildman–Crippen LogP) is 4.30. The molecule has 0 atom stereocenters. The van der Waals surface area contributed by atoms with E-state index in [9.17, 15) is 4.79 Å². The molecule has 0 aliphatic rings. The molecule has 0 bridgehead atoms. The fraction of sp³-hybridized carbons (Fsp3) is 0.273. The Kier molecular flexibility index (Phi) is 5.99. The quantitative estimate of drug-likeness (QED) is 0.492. The first-order chi connectivity index (χ1) is 13.4. The molecule has 1 N–H and O–H groups in total. The van der Waals surface area contributed by atoms with Gasteiger partial charge in [0.2, 0.25) is 0 Å². The van der Waals surface area contributed by atoms with Crippen molar-refractivity contribution in [3.8, 4) is 5.75 Å². The van der Waals surface area contributed by atoms with Crippen LogP contribution in [0.15, 0.2) is 58.2 Å². The molecule has 3 aromatic rings. The summed E-state index contributed by atoms with van der Waals surface area (Å²) in [7, 11) is 0. The number of hydrogen-bond donors (Lipinski definition) is 1. The van der Waals surface area contributed by atoms with E-state index in [1.807, 2.05) is 45.9 Å². The van der Waals surface area contributed by atoms with Crippen LogP contribution in [0.2, 0.25) is 0 Å². The molecule has 0 fully saturated rings. The summed E-state index contributed by atoms with van der Waals surface area (Å²) >= 11 is 0. The average molecular weight is 379 g/mol. The number of carbonyl (C=O) groups excluding carboxylic acids is 1. The van der Waals surface area contributed by atoms with E-state index in [-0.39, 0.29) is 12.0 Å². The number of carbonyl (C=O) groups is 1. The molecule has 3 rings (SSSR count). The van der Waals surface area contributed by atoms with E-state index in [1.165, 1.54) is 0 Å². The molecule has 0 radical (unpaired) electrons. The molecule has 2 heterocycles. The van der Waals surface area contributed by atoms with E-state index in [4.69, 9.17) is 9.15 Å². The van der Waals surface area contributed by atoms with Gasteiger partial charge in [-0.2, -0.15) is 5.10 Å². The lowest BCUT2D eigenvalue weighted by Crippen LogP contribution is -2.17. The van der Waals surface area contributed by atoms with Crippen molar-refractivity contribution in [3.05, 3.63) is 77.0 Å². The molecule has 0 saturated carbocycles. The van der Waals surface area contributed by atoms with Gasteiger partial charge >= 0.3 is 0 Å². The zero-order valence-corrected chi connectivity index (χ0v) is 16.6. The molecule has 0 saturated heterocycles. The number of aryl methyl sites for hydroxylation is 1. The van der Waals surface area contributed by atoms with Gasteiger partial charge in [0.15, 0.2) is 0 Å². The fourth-order valence-electron chi connectivity index (χ4n) is 2.94. The van der Waals surface area contributed by atoms with Crippen molar-refractivity contribution in [1.82, 2.24) is 9.99 Å². The number of nitrogens with zero attached hydrogens (tertiary/aromatic N) is 2. The topological polar surface area (TPSA) is 68.8 Å². The second-order valence-corrected chi connectivity index (χ2v) is 6.88. The molecule has 0 aliphatic carbocycles. The Morgan fingerprint density at radius 1 is 1.25 bits per heavy atom. The van der Waals surface area contributed by atoms with Crippen molar-refractivity contribution in [2.75, 3.05) is 0 Å². The SMILES string of the molecule is Cc1cc(/C=N\NC(=O)c2ccc(OC(C)C)cc2)c(C)n1Cc1ccco1. The zero-order valence-electron chi connectivity index (χ0n) is 16.6. The lowest BCUT2D eigenvalue weighted by atomic mass is 10.2. The van der Waals surface area contributed by atoms with Crippen molar-refractivity contribution in [3.63, 3.8) is 0 Å². The highest BCUT2D eigenvalue weighted by atomic mass is 16.5. The Morgan fingerprint density at radius 3 is 2.64 bits per heavy atom. The van der Waals surface area contributed by atoms with Crippen molar-refractivity contribution in [2.24, 2.45) is 5.10 Å². The summed E-state index contributed by atoms with van der Waals surface area (Å²) < 4.78 is 13.2. The van der Waals surface area contributed by atoms with Gasteiger partial charge in [-0.05, 0) is 70.2 Å². The lowest BCUT2D eigenvalue weighted by Gasteiger charge is -2.09. The minimum Gasteiger partial charge on any atom is -0.491 e. The maximum atomic E-state index is 12.3. The molecular formula is C22H25N3O3. The first-order valence-electron chi connectivity index (χ1n) is 9.23. The molecule has 146 valence electrons. The molecule has 6 heteroatoms. The summed E-state index contributed by atoms with van der Waals surface area (Å²) in [5.74, 6) is 1.36. The number of hydrazone groups is 1. The van der Waals surface area contributed by atoms with Crippen LogP contribution in [0.5, 0.6) is 5.75 Å². The first kappa shape index (κ1) is 19.5. The second-order valence-electron chi connectivity index (χ2n) is 6.88. The maximum absolute atomic E-state index is 12.3. The summed E-state index contributed by atoms with van der Waals surface area (Å²) in [6.07, 6.45) is 3.42. The van der Waals surface area contributed by atoms with Crippen LogP contribution in [0.3, 0.4) is 0 Å². The van der Waals surface area contributed by atoms with Gasteiger partial charge in [0.1, 0.15) is 11.5 Å². The lowest BCUT2D eigenvalue weighted by molar-refractivity contribution is 0.0955. The summed E-state index contributed by atoms with van der Waals surface area (Å²) in [4.78, 5) is 12.3. The van der Waals surface area contributed by atoms with Crippen LogP contribution < -0.4 is 10.2 Å². The van der Waals surface area contributed by atoms with E-state index in [1.54, 1.807) is 36.7 Å². The fourth-order valence-corrected chi connectivity index (χ4v) is 2.94. The van der Waals surface area contributed by atoms with Crippen molar-refractivity contribution >= 4 is 12.1 Å². The molecule has 6 nitrogen and oxygen atoms in total. The van der Waals surface area contributed by atoms with Gasteiger partial charge in [0.25, 0.3) is 5.91 Å². The molecule has 1 aromatic carbocycles. The Bertz CT molecular complexity index is 952. The number of hydrogen-bond acceptors (Lipinski definition) is 4. The van der Waals surface area contributed by atoms with Gasteiger partial charge in [0, 0.05) is 22.5 Å². The van der Waals surface area contributed by atoms with Crippen LogP contribution in [-0.2, 0) is 6.54 Å². The molecule has 2 aromatic heterocycles. The Hall–Kier alpha value is -3.28. The number of furan rings is 1. The van der Waals surface area contributed by atoms with Gasteiger partial charge < -0.3 is 13.7 Å². The number of benzene rings is 1. The minimum absolute atomic E-state index is 0.0936. The summed E-state index contributed by atoms with van der Waals surface area (Å²) in [6.45, 7) is 8.64. The molecule has 28 heavy (non-hydrogen) atoms. The molecule has 0 unspecified atom stereocenters. The van der Waals surface area contributed by atoms with E-state index in [0.717, 1.165) is 28.5 Å². The van der Waals surface area contributed by atoms with Crippen molar-refractivity contribution in [1.29, 1.82) is 0 Å². The summed E-state index contributed by atoms with van der Waals surface area (Å²) in [5.41, 5.74) is 6.20. The van der Waals surface area contributed by atoms with Crippen LogP contribution in [0.4, 0.5) is 0 Å². The van der Waals surface area contributed by atoms with Gasteiger partial charge in [-0.25, -0.2) is 5.43 Å². The highest BCUT2D eigenvalue weighted by Gasteiger charge is 2.10. The van der Waals surface area contributed by atoms with Crippen LogP contribution in [-0.4, -0.2) is 22.8 Å². The molecule has 0 spiro atoms. The van der Waals surface area contributed by atoms with Crippen molar-refractivity contribution < 1.29 is 13.9 Å². The smallest absolute Gasteiger partial charge is 0.271 e. The highest BCUT2D eigenvalue weighted by molar-refractivity contribution is 5.95. The second kappa shape index (κ2) is 8.61. The minimum atomic E-state index is -0.267. The molecule has 1 amide bonds. The number of nitrogens with one attached hydrogen (secondary N) is 1. The Morgan fingerprint density at radius 2 is 2.00 bits per heavy atom. The Labute approximate surface area is 164 Å². The number of aromatic nitrogens is 1. The van der Waals surface area contributed by atoms with Crippen LogP contribution in [0.1, 0.15) is 46.9 Å². The molecular weight excluding hydrogens is 354 g/mol. The maximum Gasteiger partial charge on any atom is 0.271 e. The Balaban J connectivity index is 1.63. The van der Waals surface area contributed by atoms with E-state index in [2.05, 4.69) is 15.1 Å². The normalized spacial score (nSPS) is 11.3. The largest absolute Gasteiger partial charge is 0.491 e. The number of rotatable bonds is 7. The van der Waals surface area contributed by atoms with E-state index < -0.39 is 0 Å². The first-order valence-corrected chi connectivity index (χ1v) is 9.23. The van der Waals surface area contributed by atoms with Gasteiger partial charge in [-0.15, -0.1) is 0 Å². The zero-order chi connectivity index (χ0) is 20.1. The van der Waals surface area contributed by atoms with Crippen LogP contribution >= 0.6 is 0 Å². The van der Waals surface area contributed by atoms with E-state index in [0.29, 0.717) is 12.1 Å². The third-order valence-corrected chi connectivity index (χ3v) is 4.36. The van der Waals surface area contributed by atoms with Crippen molar-refractivity contribution in [2.45, 2.75) is 40.3 Å². The van der Waals surface area contributed by atoms with Crippen LogP contribution in [0, 0.1) is 13.8 Å². The average Bonchev–Trinajstić information content (AvgIpc) is 3.26. The third kappa shape index (κ3) is 4.71.